The maximum atomic E-state index is 13.3. The molecule has 0 radical (unpaired) electrons. The van der Waals surface area contributed by atoms with E-state index in [0.29, 0.717) is 22.7 Å². The van der Waals surface area contributed by atoms with Gasteiger partial charge in [-0.25, -0.2) is 0 Å². The fraction of sp³-hybridized carbons (Fsp3) is 0.222. The second-order valence-corrected chi connectivity index (χ2v) is 8.35. The lowest BCUT2D eigenvalue weighted by Crippen LogP contribution is -2.28. The lowest BCUT2D eigenvalue weighted by Gasteiger charge is -2.17. The van der Waals surface area contributed by atoms with Gasteiger partial charge in [-0.1, -0.05) is 12.6 Å². The fourth-order valence-electron chi connectivity index (χ4n) is 4.01. The van der Waals surface area contributed by atoms with Gasteiger partial charge in [0.15, 0.2) is 0 Å². The Hall–Kier alpha value is -4.51. The van der Waals surface area contributed by atoms with E-state index in [1.54, 1.807) is 12.4 Å². The van der Waals surface area contributed by atoms with Crippen molar-refractivity contribution in [2.75, 3.05) is 0 Å². The van der Waals surface area contributed by atoms with E-state index in [-0.39, 0.29) is 18.0 Å². The van der Waals surface area contributed by atoms with Gasteiger partial charge in [0, 0.05) is 40.4 Å². The lowest BCUT2D eigenvalue weighted by molar-refractivity contribution is -0.116. The highest BCUT2D eigenvalue weighted by Crippen LogP contribution is 2.32. The van der Waals surface area contributed by atoms with Gasteiger partial charge in [-0.2, -0.15) is 10.4 Å². The summed E-state index contributed by atoms with van der Waals surface area (Å²) in [5.74, 6) is 1.05. The zero-order chi connectivity index (χ0) is 25.1. The van der Waals surface area contributed by atoms with Crippen LogP contribution in [0.25, 0.3) is 28.1 Å². The molecule has 0 aliphatic carbocycles. The molecule has 8 nitrogen and oxygen atoms in total. The summed E-state index contributed by atoms with van der Waals surface area (Å²) in [6.45, 7) is 11.6. The van der Waals surface area contributed by atoms with Crippen LogP contribution < -0.4 is 5.32 Å². The van der Waals surface area contributed by atoms with Gasteiger partial charge in [0.2, 0.25) is 0 Å². The molecule has 0 bridgehead atoms. The first-order valence-corrected chi connectivity index (χ1v) is 11.2. The van der Waals surface area contributed by atoms with E-state index in [0.717, 1.165) is 28.3 Å². The number of carbonyl (C=O) groups excluding carboxylic acids is 1. The second kappa shape index (κ2) is 9.77. The number of carbonyl (C=O) groups is 1. The van der Waals surface area contributed by atoms with E-state index >= 15 is 0 Å². The molecule has 0 saturated heterocycles. The molecule has 1 N–H and O–H groups in total. The molecule has 4 rings (SSSR count). The normalized spacial score (nSPS) is 11.6. The van der Waals surface area contributed by atoms with Crippen molar-refractivity contribution in [3.63, 3.8) is 0 Å². The van der Waals surface area contributed by atoms with Gasteiger partial charge in [0.05, 0.1) is 23.5 Å². The Kier molecular flexibility index (Phi) is 6.60. The zero-order valence-corrected chi connectivity index (χ0v) is 20.2. The number of nitriles is 1. The van der Waals surface area contributed by atoms with Crippen molar-refractivity contribution in [3.05, 3.63) is 83.8 Å². The van der Waals surface area contributed by atoms with Crippen LogP contribution in [0.5, 0.6) is 0 Å². The molecule has 0 aliphatic heterocycles. The SMILES string of the molecule is C=C(C(=O)NC(C)c1ncccc1-c1cccc(C)n1)c1cn(CC#N)nc1-c1cc(C)oc1C. The van der Waals surface area contributed by atoms with Crippen molar-refractivity contribution in [3.8, 4) is 28.6 Å². The molecule has 0 aliphatic rings. The smallest absolute Gasteiger partial charge is 0.251 e. The van der Waals surface area contributed by atoms with E-state index in [4.69, 9.17) is 9.68 Å². The summed E-state index contributed by atoms with van der Waals surface area (Å²) in [5.41, 5.74) is 5.32. The van der Waals surface area contributed by atoms with Crippen molar-refractivity contribution < 1.29 is 9.21 Å². The summed E-state index contributed by atoms with van der Waals surface area (Å²) >= 11 is 0. The zero-order valence-electron chi connectivity index (χ0n) is 20.2. The van der Waals surface area contributed by atoms with Gasteiger partial charge < -0.3 is 9.73 Å². The summed E-state index contributed by atoms with van der Waals surface area (Å²) in [6, 6.07) is 13.1. The van der Waals surface area contributed by atoms with Gasteiger partial charge >= 0.3 is 0 Å². The second-order valence-electron chi connectivity index (χ2n) is 8.35. The van der Waals surface area contributed by atoms with Gasteiger partial charge in [0.1, 0.15) is 23.8 Å². The predicted molar refractivity (Wildman–Crippen MR) is 133 cm³/mol. The monoisotopic (exact) mass is 466 g/mol. The third-order valence-corrected chi connectivity index (χ3v) is 5.65. The predicted octanol–water partition coefficient (Wildman–Crippen LogP) is 4.94. The molecular formula is C27H26N6O2. The minimum absolute atomic E-state index is 0.0506. The number of nitrogens with one attached hydrogen (secondary N) is 1. The average Bonchev–Trinajstić information content (AvgIpc) is 3.40. The van der Waals surface area contributed by atoms with Crippen LogP contribution in [0.4, 0.5) is 0 Å². The van der Waals surface area contributed by atoms with Crippen LogP contribution in [-0.4, -0.2) is 25.7 Å². The highest BCUT2D eigenvalue weighted by molar-refractivity contribution is 6.20. The van der Waals surface area contributed by atoms with Gasteiger partial charge in [-0.3, -0.25) is 19.4 Å². The number of nitrogens with zero attached hydrogens (tertiary/aromatic N) is 5. The number of hydrogen-bond acceptors (Lipinski definition) is 6. The molecule has 1 atom stereocenters. The number of amides is 1. The summed E-state index contributed by atoms with van der Waals surface area (Å²) in [6.07, 6.45) is 3.36. The molecule has 0 aromatic carbocycles. The molecule has 1 unspecified atom stereocenters. The molecule has 1 amide bonds. The van der Waals surface area contributed by atoms with Crippen LogP contribution in [-0.2, 0) is 11.3 Å². The van der Waals surface area contributed by atoms with Crippen molar-refractivity contribution in [1.82, 2.24) is 25.1 Å². The third-order valence-electron chi connectivity index (χ3n) is 5.65. The molecular weight excluding hydrogens is 440 g/mol. The van der Waals surface area contributed by atoms with Crippen LogP contribution in [0.3, 0.4) is 0 Å². The average molecular weight is 467 g/mol. The minimum Gasteiger partial charge on any atom is -0.466 e. The first-order chi connectivity index (χ1) is 16.8. The molecule has 4 aromatic rings. The number of furan rings is 1. The molecule has 4 aromatic heterocycles. The number of aromatic nitrogens is 4. The fourth-order valence-corrected chi connectivity index (χ4v) is 4.01. The number of pyridine rings is 2. The van der Waals surface area contributed by atoms with Crippen molar-refractivity contribution in [1.29, 1.82) is 5.26 Å². The Morgan fingerprint density at radius 3 is 2.71 bits per heavy atom. The quantitative estimate of drug-likeness (QED) is 0.386. The Morgan fingerprint density at radius 2 is 2.03 bits per heavy atom. The van der Waals surface area contributed by atoms with E-state index in [1.165, 1.54) is 4.68 Å². The summed E-state index contributed by atoms with van der Waals surface area (Å²) in [4.78, 5) is 22.4. The van der Waals surface area contributed by atoms with Crippen molar-refractivity contribution >= 4 is 11.5 Å². The van der Waals surface area contributed by atoms with Crippen LogP contribution in [0, 0.1) is 32.1 Å². The minimum atomic E-state index is -0.409. The molecule has 35 heavy (non-hydrogen) atoms. The van der Waals surface area contributed by atoms with Gasteiger partial charge in [0.25, 0.3) is 5.91 Å². The van der Waals surface area contributed by atoms with Crippen LogP contribution in [0.2, 0.25) is 0 Å². The molecule has 0 spiro atoms. The van der Waals surface area contributed by atoms with E-state index in [1.807, 2.05) is 64.1 Å². The van der Waals surface area contributed by atoms with Gasteiger partial charge in [-0.05, 0) is 58.0 Å². The molecule has 176 valence electrons. The first-order valence-electron chi connectivity index (χ1n) is 11.2. The van der Waals surface area contributed by atoms with Crippen LogP contribution in [0.1, 0.15) is 41.4 Å². The summed E-state index contributed by atoms with van der Waals surface area (Å²) in [7, 11) is 0. The Morgan fingerprint density at radius 1 is 1.23 bits per heavy atom. The Bertz CT molecular complexity index is 1460. The number of aryl methyl sites for hydroxylation is 3. The van der Waals surface area contributed by atoms with E-state index < -0.39 is 6.04 Å². The first kappa shape index (κ1) is 23.6. The Balaban J connectivity index is 1.63. The standard InChI is InChI=1S/C27H26N6O2/c1-16-8-6-10-24(30-16)21-9-7-12-29-25(21)19(4)31-27(34)18(3)23-15-33(13-11-28)32-26(23)22-14-17(2)35-20(22)5/h6-10,12,14-15,19H,3,13H2,1-2,4-5H3,(H,31,34). The topological polar surface area (TPSA) is 110 Å². The maximum absolute atomic E-state index is 13.3. The lowest BCUT2D eigenvalue weighted by atomic mass is 10.0. The van der Waals surface area contributed by atoms with Crippen molar-refractivity contribution in [2.24, 2.45) is 0 Å². The van der Waals surface area contributed by atoms with Crippen LogP contribution in [0.15, 0.2) is 59.8 Å². The Labute approximate surface area is 204 Å². The van der Waals surface area contributed by atoms with Gasteiger partial charge in [-0.15, -0.1) is 0 Å². The maximum Gasteiger partial charge on any atom is 0.251 e. The molecule has 8 heteroatoms. The number of rotatable bonds is 7. The molecule has 4 heterocycles. The van der Waals surface area contributed by atoms with Crippen LogP contribution >= 0.6 is 0 Å². The van der Waals surface area contributed by atoms with Crippen molar-refractivity contribution in [2.45, 2.75) is 40.3 Å². The third kappa shape index (κ3) is 4.89. The highest BCUT2D eigenvalue weighted by atomic mass is 16.3. The molecule has 0 fully saturated rings. The summed E-state index contributed by atoms with van der Waals surface area (Å²) < 4.78 is 7.16. The van der Waals surface area contributed by atoms with E-state index in [9.17, 15) is 4.79 Å². The number of hydrogen-bond donors (Lipinski definition) is 1. The summed E-state index contributed by atoms with van der Waals surface area (Å²) in [5, 5.41) is 16.7. The highest BCUT2D eigenvalue weighted by Gasteiger charge is 2.24. The van der Waals surface area contributed by atoms with E-state index in [2.05, 4.69) is 33.0 Å². The largest absolute Gasteiger partial charge is 0.466 e. The molecule has 0 saturated carbocycles.